The number of amides is 1. The van der Waals surface area contributed by atoms with Gasteiger partial charge in [-0.1, -0.05) is 66.7 Å². The van der Waals surface area contributed by atoms with Gasteiger partial charge in [-0.2, -0.15) is 0 Å². The van der Waals surface area contributed by atoms with Crippen LogP contribution in [0.15, 0.2) is 91.5 Å². The van der Waals surface area contributed by atoms with E-state index in [2.05, 4.69) is 70.0 Å². The van der Waals surface area contributed by atoms with Crippen LogP contribution in [0.3, 0.4) is 0 Å². The lowest BCUT2D eigenvalue weighted by Gasteiger charge is -2.36. The molecule has 41 heavy (non-hydrogen) atoms. The molecule has 0 unspecified atom stereocenters. The quantitative estimate of drug-likeness (QED) is 0.293. The van der Waals surface area contributed by atoms with Gasteiger partial charge in [0, 0.05) is 57.1 Å². The Morgan fingerprint density at radius 3 is 2.24 bits per heavy atom. The van der Waals surface area contributed by atoms with E-state index in [1.165, 1.54) is 11.1 Å². The fraction of sp³-hybridized carbons (Fsp3) is 0.206. The molecule has 0 bridgehead atoms. The minimum atomic E-state index is -0.181. The van der Waals surface area contributed by atoms with Crippen molar-refractivity contribution in [2.75, 3.05) is 38.1 Å². The highest BCUT2D eigenvalue weighted by atomic mass is 16.3. The van der Waals surface area contributed by atoms with Crippen LogP contribution in [-0.2, 0) is 6.54 Å². The summed E-state index contributed by atoms with van der Waals surface area (Å²) in [6.45, 7) is 10.2. The van der Waals surface area contributed by atoms with Crippen molar-refractivity contribution in [2.24, 2.45) is 0 Å². The van der Waals surface area contributed by atoms with Gasteiger partial charge in [0.25, 0.3) is 5.91 Å². The number of pyridine rings is 1. The molecule has 1 aromatic heterocycles. The predicted octanol–water partition coefficient (Wildman–Crippen LogP) is 5.59. The predicted molar refractivity (Wildman–Crippen MR) is 165 cm³/mol. The number of anilines is 1. The van der Waals surface area contributed by atoms with E-state index in [4.69, 9.17) is 0 Å². The highest BCUT2D eigenvalue weighted by Gasteiger charge is 2.18. The Labute approximate surface area is 241 Å². The Balaban J connectivity index is 0.000000483. The van der Waals surface area contributed by atoms with Crippen LogP contribution in [0.5, 0.6) is 5.75 Å². The lowest BCUT2D eigenvalue weighted by molar-refractivity contribution is 0.0962. The van der Waals surface area contributed by atoms with Gasteiger partial charge in [-0.05, 0) is 42.8 Å². The second kappa shape index (κ2) is 14.1. The molecular formula is C34H36N4O3. The molecule has 1 amide bonds. The van der Waals surface area contributed by atoms with Crippen molar-refractivity contribution in [3.8, 4) is 17.0 Å². The van der Waals surface area contributed by atoms with Gasteiger partial charge in [-0.15, -0.1) is 0 Å². The number of aromatic nitrogens is 1. The smallest absolute Gasteiger partial charge is 0.253 e. The largest absolute Gasteiger partial charge is 0.507 e. The third-order valence-corrected chi connectivity index (χ3v) is 7.06. The SMILES string of the molecule is C=Cc1nc(-c2ccc(CN3CCN(c4ccc(C=O)c(O)c4)CC3)cc2)ccc1C(=O)NC.Cc1ccccc1. The zero-order valence-electron chi connectivity index (χ0n) is 23.6. The molecule has 4 aromatic rings. The minimum absolute atomic E-state index is 0.0213. The van der Waals surface area contributed by atoms with Gasteiger partial charge >= 0.3 is 0 Å². The maximum absolute atomic E-state index is 12.0. The summed E-state index contributed by atoms with van der Waals surface area (Å²) in [4.78, 5) is 32.1. The molecule has 0 aliphatic carbocycles. The second-order valence-electron chi connectivity index (χ2n) is 9.89. The third kappa shape index (κ3) is 7.68. The number of aldehydes is 1. The van der Waals surface area contributed by atoms with Gasteiger partial charge in [-0.3, -0.25) is 14.5 Å². The van der Waals surface area contributed by atoms with Crippen LogP contribution in [0, 0.1) is 6.92 Å². The zero-order chi connectivity index (χ0) is 29.2. The van der Waals surface area contributed by atoms with Gasteiger partial charge in [0.05, 0.1) is 22.5 Å². The number of phenols is 1. The molecule has 1 saturated heterocycles. The summed E-state index contributed by atoms with van der Waals surface area (Å²) < 4.78 is 0. The number of nitrogens with zero attached hydrogens (tertiary/aromatic N) is 3. The third-order valence-electron chi connectivity index (χ3n) is 7.06. The summed E-state index contributed by atoms with van der Waals surface area (Å²) >= 11 is 0. The molecule has 0 radical (unpaired) electrons. The molecule has 2 N–H and O–H groups in total. The van der Waals surface area contributed by atoms with Crippen molar-refractivity contribution in [1.82, 2.24) is 15.2 Å². The number of aromatic hydroxyl groups is 1. The van der Waals surface area contributed by atoms with Crippen molar-refractivity contribution in [3.05, 3.63) is 119 Å². The summed E-state index contributed by atoms with van der Waals surface area (Å²) in [6.07, 6.45) is 2.26. The number of aryl methyl sites for hydroxylation is 1. The molecule has 1 aliphatic heterocycles. The maximum atomic E-state index is 12.0. The van der Waals surface area contributed by atoms with Crippen LogP contribution in [0.25, 0.3) is 17.3 Å². The standard InChI is InChI=1S/C27H28N4O3.C7H8/c1-3-24-23(27(34)28-2)10-11-25(29-24)20-6-4-19(5-7-20)17-30-12-14-31(15-13-30)22-9-8-21(18-32)26(33)16-22;1-7-5-3-2-4-6-7/h3-11,16,18,33H,1,12-15,17H2,2H3,(H,28,34);2-6H,1H3. The molecular weight excluding hydrogens is 512 g/mol. The zero-order valence-corrected chi connectivity index (χ0v) is 23.6. The highest BCUT2D eigenvalue weighted by Crippen LogP contribution is 2.25. The number of piperazine rings is 1. The molecule has 7 nitrogen and oxygen atoms in total. The number of hydrogen-bond donors (Lipinski definition) is 2. The Bertz CT molecular complexity index is 1480. The summed E-state index contributed by atoms with van der Waals surface area (Å²) in [5, 5.41) is 12.6. The Kier molecular flexibility index (Phi) is 10.0. The van der Waals surface area contributed by atoms with Crippen molar-refractivity contribution in [2.45, 2.75) is 13.5 Å². The van der Waals surface area contributed by atoms with E-state index in [1.54, 1.807) is 31.3 Å². The van der Waals surface area contributed by atoms with Crippen molar-refractivity contribution >= 4 is 24.0 Å². The first kappa shape index (κ1) is 29.2. The van der Waals surface area contributed by atoms with Crippen LogP contribution in [0.4, 0.5) is 5.69 Å². The maximum Gasteiger partial charge on any atom is 0.253 e. The van der Waals surface area contributed by atoms with Crippen molar-refractivity contribution in [3.63, 3.8) is 0 Å². The van der Waals surface area contributed by atoms with E-state index in [0.717, 1.165) is 49.7 Å². The molecule has 7 heteroatoms. The van der Waals surface area contributed by atoms with E-state index < -0.39 is 0 Å². The molecule has 2 heterocycles. The van der Waals surface area contributed by atoms with Crippen LogP contribution in [-0.4, -0.2) is 60.4 Å². The van der Waals surface area contributed by atoms with Gasteiger partial charge in [0.15, 0.2) is 6.29 Å². The molecule has 210 valence electrons. The summed E-state index contributed by atoms with van der Waals surface area (Å²) in [5.41, 5.74) is 6.63. The number of hydrogen-bond acceptors (Lipinski definition) is 6. The number of phenolic OH excluding ortho intramolecular Hbond substituents is 1. The lowest BCUT2D eigenvalue weighted by atomic mass is 10.1. The molecule has 0 atom stereocenters. The Hall–Kier alpha value is -4.75. The number of carbonyl (C=O) groups excluding carboxylic acids is 2. The number of benzene rings is 3. The van der Waals surface area contributed by atoms with Gasteiger partial charge in [0.2, 0.25) is 0 Å². The fourth-order valence-corrected chi connectivity index (χ4v) is 4.68. The summed E-state index contributed by atoms with van der Waals surface area (Å²) in [6, 6.07) is 27.4. The van der Waals surface area contributed by atoms with Crippen molar-refractivity contribution in [1.29, 1.82) is 0 Å². The van der Waals surface area contributed by atoms with E-state index in [1.807, 2.05) is 30.3 Å². The van der Waals surface area contributed by atoms with Gasteiger partial charge in [-0.25, -0.2) is 4.98 Å². The Morgan fingerprint density at radius 2 is 1.68 bits per heavy atom. The van der Waals surface area contributed by atoms with Crippen LogP contribution in [0.2, 0.25) is 0 Å². The first-order valence-corrected chi connectivity index (χ1v) is 13.6. The molecule has 1 fully saturated rings. The van der Waals surface area contributed by atoms with Gasteiger partial charge < -0.3 is 15.3 Å². The number of nitrogens with one attached hydrogen (secondary N) is 1. The summed E-state index contributed by atoms with van der Waals surface area (Å²) in [5.74, 6) is -0.160. The fourth-order valence-electron chi connectivity index (χ4n) is 4.68. The first-order valence-electron chi connectivity index (χ1n) is 13.6. The number of rotatable bonds is 7. The Morgan fingerprint density at radius 1 is 0.976 bits per heavy atom. The van der Waals surface area contributed by atoms with Crippen LogP contribution >= 0.6 is 0 Å². The molecule has 5 rings (SSSR count). The van der Waals surface area contributed by atoms with Crippen molar-refractivity contribution < 1.29 is 14.7 Å². The minimum Gasteiger partial charge on any atom is -0.507 e. The molecule has 3 aromatic carbocycles. The van der Waals surface area contributed by atoms with E-state index in [9.17, 15) is 14.7 Å². The monoisotopic (exact) mass is 548 g/mol. The molecule has 0 saturated carbocycles. The lowest BCUT2D eigenvalue weighted by Crippen LogP contribution is -2.45. The van der Waals surface area contributed by atoms with E-state index in [-0.39, 0.29) is 11.7 Å². The summed E-state index contributed by atoms with van der Waals surface area (Å²) in [7, 11) is 1.60. The number of carbonyl (C=O) groups is 2. The van der Waals surface area contributed by atoms with Gasteiger partial charge in [0.1, 0.15) is 5.75 Å². The average Bonchev–Trinajstić information content (AvgIpc) is 3.02. The average molecular weight is 549 g/mol. The van der Waals surface area contributed by atoms with Crippen LogP contribution < -0.4 is 10.2 Å². The highest BCUT2D eigenvalue weighted by molar-refractivity contribution is 5.97. The molecule has 1 aliphatic rings. The molecule has 0 spiro atoms. The van der Waals surface area contributed by atoms with E-state index in [0.29, 0.717) is 23.1 Å². The van der Waals surface area contributed by atoms with E-state index >= 15 is 0 Å². The second-order valence-corrected chi connectivity index (χ2v) is 9.89. The van der Waals surface area contributed by atoms with Crippen LogP contribution in [0.1, 0.15) is 37.5 Å². The normalized spacial score (nSPS) is 13.1. The first-order chi connectivity index (χ1) is 19.9. The topological polar surface area (TPSA) is 85.8 Å².